The maximum absolute atomic E-state index is 12.9. The van der Waals surface area contributed by atoms with Gasteiger partial charge in [0.25, 0.3) is 0 Å². The molecule has 2 aromatic heterocycles. The molecule has 134 valence electrons. The van der Waals surface area contributed by atoms with E-state index in [-0.39, 0.29) is 12.1 Å². The van der Waals surface area contributed by atoms with Crippen molar-refractivity contribution in [3.8, 4) is 0 Å². The molecule has 0 bridgehead atoms. The number of carbonyl (C=O) groups excluding carboxylic acids is 1. The summed E-state index contributed by atoms with van der Waals surface area (Å²) in [7, 11) is 0. The summed E-state index contributed by atoms with van der Waals surface area (Å²) in [5.41, 5.74) is 1.92. The third-order valence-electron chi connectivity index (χ3n) is 5.03. The molecule has 26 heavy (non-hydrogen) atoms. The lowest BCUT2D eigenvalue weighted by molar-refractivity contribution is 0.166. The zero-order valence-electron chi connectivity index (χ0n) is 14.9. The van der Waals surface area contributed by atoms with Crippen molar-refractivity contribution in [1.82, 2.24) is 24.8 Å². The number of nitrogens with one attached hydrogen (secondary N) is 1. The van der Waals surface area contributed by atoms with Gasteiger partial charge >= 0.3 is 6.03 Å². The van der Waals surface area contributed by atoms with Gasteiger partial charge < -0.3 is 10.2 Å². The summed E-state index contributed by atoms with van der Waals surface area (Å²) in [5.74, 6) is 1.34. The van der Waals surface area contributed by atoms with Crippen LogP contribution in [0.4, 0.5) is 4.79 Å². The molecule has 4 rings (SSSR count). The number of benzene rings is 1. The molecule has 1 atom stereocenters. The SMILES string of the molecule is C[C@H](C1CC1)N(Cc1ccccc1)C(=O)NCc1nnc2ccccn12. The number of urea groups is 1. The molecule has 6 heteroatoms. The molecule has 2 amide bonds. The largest absolute Gasteiger partial charge is 0.331 e. The van der Waals surface area contributed by atoms with Gasteiger partial charge in [-0.05, 0) is 43.4 Å². The average Bonchev–Trinajstić information content (AvgIpc) is 3.45. The van der Waals surface area contributed by atoms with Crippen molar-refractivity contribution in [2.45, 2.75) is 38.9 Å². The standard InChI is InChI=1S/C20H23N5O/c1-15(17-10-11-17)25(14-16-7-3-2-4-8-16)20(26)21-13-19-23-22-18-9-5-6-12-24(18)19/h2-9,12,15,17H,10-11,13-14H2,1H3,(H,21,26)/t15-/m1/s1. The summed E-state index contributed by atoms with van der Waals surface area (Å²) >= 11 is 0. The minimum Gasteiger partial charge on any atom is -0.331 e. The number of fused-ring (bicyclic) bond motifs is 1. The van der Waals surface area contributed by atoms with Gasteiger partial charge in [-0.25, -0.2) is 4.79 Å². The fourth-order valence-electron chi connectivity index (χ4n) is 3.28. The van der Waals surface area contributed by atoms with Crippen LogP contribution in [0.3, 0.4) is 0 Å². The summed E-state index contributed by atoms with van der Waals surface area (Å²) in [6, 6.07) is 16.1. The first-order chi connectivity index (χ1) is 12.7. The quantitative estimate of drug-likeness (QED) is 0.743. The first kappa shape index (κ1) is 16.6. The lowest BCUT2D eigenvalue weighted by Gasteiger charge is -2.29. The van der Waals surface area contributed by atoms with E-state index in [9.17, 15) is 4.79 Å². The number of hydrogen-bond acceptors (Lipinski definition) is 3. The van der Waals surface area contributed by atoms with Gasteiger partial charge in [0, 0.05) is 18.8 Å². The molecular weight excluding hydrogens is 326 g/mol. The van der Waals surface area contributed by atoms with E-state index in [0.717, 1.165) is 17.0 Å². The lowest BCUT2D eigenvalue weighted by Crippen LogP contribution is -2.45. The molecule has 0 unspecified atom stereocenters. The van der Waals surface area contributed by atoms with Crippen LogP contribution in [-0.4, -0.2) is 31.6 Å². The zero-order chi connectivity index (χ0) is 17.9. The highest BCUT2D eigenvalue weighted by Crippen LogP contribution is 2.35. The van der Waals surface area contributed by atoms with Crippen molar-refractivity contribution in [2.24, 2.45) is 5.92 Å². The van der Waals surface area contributed by atoms with Crippen LogP contribution in [-0.2, 0) is 13.1 Å². The van der Waals surface area contributed by atoms with Crippen molar-refractivity contribution in [3.05, 3.63) is 66.1 Å². The summed E-state index contributed by atoms with van der Waals surface area (Å²) < 4.78 is 1.89. The number of nitrogens with zero attached hydrogens (tertiary/aromatic N) is 4. The normalized spacial score (nSPS) is 15.0. The summed E-state index contributed by atoms with van der Waals surface area (Å²) in [4.78, 5) is 14.9. The molecule has 1 N–H and O–H groups in total. The molecule has 1 aliphatic carbocycles. The summed E-state index contributed by atoms with van der Waals surface area (Å²) in [5, 5.41) is 11.3. The van der Waals surface area contributed by atoms with E-state index in [1.807, 2.05) is 51.9 Å². The van der Waals surface area contributed by atoms with Gasteiger partial charge in [0.2, 0.25) is 0 Å². The maximum Gasteiger partial charge on any atom is 0.318 e. The van der Waals surface area contributed by atoms with Crippen molar-refractivity contribution >= 4 is 11.7 Å². The van der Waals surface area contributed by atoms with E-state index >= 15 is 0 Å². The number of hydrogen-bond donors (Lipinski definition) is 1. The Labute approximate surface area is 152 Å². The van der Waals surface area contributed by atoms with Gasteiger partial charge in [0.15, 0.2) is 11.5 Å². The molecule has 1 aromatic carbocycles. The molecule has 6 nitrogen and oxygen atoms in total. The van der Waals surface area contributed by atoms with Gasteiger partial charge in [0.05, 0.1) is 6.54 Å². The van der Waals surface area contributed by atoms with E-state index in [2.05, 4.69) is 34.6 Å². The van der Waals surface area contributed by atoms with Crippen LogP contribution in [0.25, 0.3) is 5.65 Å². The molecule has 2 heterocycles. The van der Waals surface area contributed by atoms with E-state index in [1.165, 1.54) is 12.8 Å². The first-order valence-corrected chi connectivity index (χ1v) is 9.09. The number of rotatable bonds is 6. The smallest absolute Gasteiger partial charge is 0.318 e. The van der Waals surface area contributed by atoms with Crippen LogP contribution in [0, 0.1) is 5.92 Å². The Kier molecular flexibility index (Phi) is 4.56. The second-order valence-corrected chi connectivity index (χ2v) is 6.90. The molecule has 0 saturated heterocycles. The molecule has 1 aliphatic rings. The molecule has 0 radical (unpaired) electrons. The zero-order valence-corrected chi connectivity index (χ0v) is 14.9. The first-order valence-electron chi connectivity index (χ1n) is 9.09. The molecule has 1 saturated carbocycles. The number of pyridine rings is 1. The number of aromatic nitrogens is 3. The Morgan fingerprint density at radius 2 is 1.96 bits per heavy atom. The minimum atomic E-state index is -0.0547. The third kappa shape index (κ3) is 3.54. The van der Waals surface area contributed by atoms with Crippen LogP contribution in [0.1, 0.15) is 31.2 Å². The van der Waals surface area contributed by atoms with Gasteiger partial charge in [-0.2, -0.15) is 0 Å². The number of carbonyl (C=O) groups is 1. The average molecular weight is 349 g/mol. The Balaban J connectivity index is 1.47. The Hall–Kier alpha value is -2.89. The van der Waals surface area contributed by atoms with Crippen molar-refractivity contribution < 1.29 is 4.79 Å². The van der Waals surface area contributed by atoms with Crippen LogP contribution in [0.5, 0.6) is 0 Å². The highest BCUT2D eigenvalue weighted by atomic mass is 16.2. The molecule has 1 fully saturated rings. The molecule has 0 aliphatic heterocycles. The van der Waals surface area contributed by atoms with Gasteiger partial charge in [0.1, 0.15) is 0 Å². The van der Waals surface area contributed by atoms with Crippen LogP contribution >= 0.6 is 0 Å². The Morgan fingerprint density at radius 3 is 2.73 bits per heavy atom. The summed E-state index contributed by atoms with van der Waals surface area (Å²) in [6.07, 6.45) is 4.31. The Bertz CT molecular complexity index is 887. The van der Waals surface area contributed by atoms with Crippen molar-refractivity contribution in [1.29, 1.82) is 0 Å². The van der Waals surface area contributed by atoms with E-state index in [1.54, 1.807) is 0 Å². The van der Waals surface area contributed by atoms with E-state index in [4.69, 9.17) is 0 Å². The summed E-state index contributed by atoms with van der Waals surface area (Å²) in [6.45, 7) is 3.12. The lowest BCUT2D eigenvalue weighted by atomic mass is 10.1. The predicted molar refractivity (Wildman–Crippen MR) is 99.4 cm³/mol. The van der Waals surface area contributed by atoms with E-state index in [0.29, 0.717) is 19.0 Å². The van der Waals surface area contributed by atoms with Gasteiger partial charge in [-0.3, -0.25) is 4.40 Å². The van der Waals surface area contributed by atoms with Crippen molar-refractivity contribution in [3.63, 3.8) is 0 Å². The maximum atomic E-state index is 12.9. The van der Waals surface area contributed by atoms with Crippen LogP contribution < -0.4 is 5.32 Å². The third-order valence-corrected chi connectivity index (χ3v) is 5.03. The fraction of sp³-hybridized carbons (Fsp3) is 0.350. The van der Waals surface area contributed by atoms with E-state index < -0.39 is 0 Å². The molecule has 3 aromatic rings. The second kappa shape index (κ2) is 7.15. The minimum absolute atomic E-state index is 0.0547. The predicted octanol–water partition coefficient (Wildman–Crippen LogP) is 3.24. The Morgan fingerprint density at radius 1 is 1.19 bits per heavy atom. The van der Waals surface area contributed by atoms with Gasteiger partial charge in [-0.15, -0.1) is 10.2 Å². The molecule has 0 spiro atoms. The monoisotopic (exact) mass is 349 g/mol. The van der Waals surface area contributed by atoms with Crippen molar-refractivity contribution in [2.75, 3.05) is 0 Å². The topological polar surface area (TPSA) is 62.5 Å². The van der Waals surface area contributed by atoms with Crippen LogP contribution in [0.2, 0.25) is 0 Å². The highest BCUT2D eigenvalue weighted by molar-refractivity contribution is 5.74. The van der Waals surface area contributed by atoms with Gasteiger partial charge in [-0.1, -0.05) is 36.4 Å². The highest BCUT2D eigenvalue weighted by Gasteiger charge is 2.34. The number of amides is 2. The second-order valence-electron chi connectivity index (χ2n) is 6.90. The molecular formula is C20H23N5O. The fourth-order valence-corrected chi connectivity index (χ4v) is 3.28. The van der Waals surface area contributed by atoms with Crippen LogP contribution in [0.15, 0.2) is 54.7 Å².